The molecule has 2 aromatic rings. The van der Waals surface area contributed by atoms with Crippen LogP contribution in [0.2, 0.25) is 0 Å². The largest absolute Gasteiger partial charge is 0.396 e. The Morgan fingerprint density at radius 1 is 1.25 bits per heavy atom. The third kappa shape index (κ3) is 2.18. The Morgan fingerprint density at radius 3 is 2.56 bits per heavy atom. The lowest BCUT2D eigenvalue weighted by molar-refractivity contribution is -0.128. The number of H-pyrrole nitrogens is 1. The summed E-state index contributed by atoms with van der Waals surface area (Å²) in [6, 6.07) is 3.70. The highest BCUT2D eigenvalue weighted by atomic mass is 19.4. The summed E-state index contributed by atoms with van der Waals surface area (Å²) in [5, 5.41) is 0. The van der Waals surface area contributed by atoms with Crippen molar-refractivity contribution in [2.45, 2.75) is 26.4 Å². The van der Waals surface area contributed by atoms with Crippen molar-refractivity contribution in [1.29, 1.82) is 0 Å². The van der Waals surface area contributed by atoms with Crippen molar-refractivity contribution < 1.29 is 13.2 Å². The van der Waals surface area contributed by atoms with Crippen LogP contribution in [0.15, 0.2) is 12.1 Å². The number of rotatable bonds is 1. The molecule has 0 bridgehead atoms. The number of fused-ring (bicyclic) bond motifs is 1. The molecule has 1 N–H and O–H groups in total. The van der Waals surface area contributed by atoms with Gasteiger partial charge in [-0.05, 0) is 31.0 Å². The molecule has 1 aromatic heterocycles. The second kappa shape index (κ2) is 3.50. The molecule has 2 nitrogen and oxygen atoms in total. The Hall–Kier alpha value is -1.52. The number of aromatic amines is 1. The van der Waals surface area contributed by atoms with Crippen LogP contribution in [0.3, 0.4) is 0 Å². The lowest BCUT2D eigenvalue weighted by Gasteiger charge is -2.01. The van der Waals surface area contributed by atoms with E-state index in [9.17, 15) is 13.2 Å². The fourth-order valence-corrected chi connectivity index (χ4v) is 1.80. The minimum Gasteiger partial charge on any atom is -0.342 e. The van der Waals surface area contributed by atoms with E-state index < -0.39 is 12.6 Å². The molecule has 1 heterocycles. The molecule has 0 saturated heterocycles. The van der Waals surface area contributed by atoms with Crippen molar-refractivity contribution in [3.8, 4) is 0 Å². The molecule has 0 amide bonds. The number of imidazole rings is 1. The lowest BCUT2D eigenvalue weighted by Crippen LogP contribution is -2.12. The van der Waals surface area contributed by atoms with E-state index in [0.29, 0.717) is 11.0 Å². The molecule has 0 fully saturated rings. The van der Waals surface area contributed by atoms with Gasteiger partial charge in [0.15, 0.2) is 0 Å². The van der Waals surface area contributed by atoms with Crippen molar-refractivity contribution in [3.05, 3.63) is 29.1 Å². The van der Waals surface area contributed by atoms with Crippen LogP contribution in [-0.4, -0.2) is 16.1 Å². The summed E-state index contributed by atoms with van der Waals surface area (Å²) in [5.74, 6) is -0.0313. The highest BCUT2D eigenvalue weighted by Crippen LogP contribution is 2.23. The second-order valence-electron chi connectivity index (χ2n) is 3.95. The van der Waals surface area contributed by atoms with Gasteiger partial charge in [-0.3, -0.25) is 0 Å². The number of nitrogens with zero attached hydrogens (tertiary/aromatic N) is 1. The standard InChI is InChI=1S/C11H11F3N2/c1-6-3-7(2)10-8(4-6)15-9(16-10)5-11(12,13)14/h3-4H,5H2,1-2H3,(H,15,16). The number of hydrogen-bond donors (Lipinski definition) is 1. The van der Waals surface area contributed by atoms with Crippen LogP contribution in [0.1, 0.15) is 17.0 Å². The summed E-state index contributed by atoms with van der Waals surface area (Å²) in [6.07, 6.45) is -5.24. The van der Waals surface area contributed by atoms with Gasteiger partial charge >= 0.3 is 6.18 Å². The van der Waals surface area contributed by atoms with Gasteiger partial charge in [-0.15, -0.1) is 0 Å². The maximum absolute atomic E-state index is 12.2. The zero-order valence-electron chi connectivity index (χ0n) is 8.94. The van der Waals surface area contributed by atoms with Crippen LogP contribution in [0, 0.1) is 13.8 Å². The van der Waals surface area contributed by atoms with Gasteiger partial charge in [-0.25, -0.2) is 4.98 Å². The SMILES string of the molecule is Cc1cc(C)c2nc(CC(F)(F)F)[nH]c2c1. The third-order valence-electron chi connectivity index (χ3n) is 2.34. The van der Waals surface area contributed by atoms with Crippen molar-refractivity contribution in [2.75, 3.05) is 0 Å². The Bertz CT molecular complexity index is 526. The molecule has 1 aromatic carbocycles. The summed E-state index contributed by atoms with van der Waals surface area (Å²) < 4.78 is 36.6. The van der Waals surface area contributed by atoms with Crippen LogP contribution in [0.25, 0.3) is 11.0 Å². The topological polar surface area (TPSA) is 28.7 Å². The first-order chi connectivity index (χ1) is 7.35. The number of hydrogen-bond acceptors (Lipinski definition) is 1. The molecular formula is C11H11F3N2. The second-order valence-corrected chi connectivity index (χ2v) is 3.95. The number of aryl methyl sites for hydroxylation is 2. The number of aromatic nitrogens is 2. The van der Waals surface area contributed by atoms with Gasteiger partial charge in [0.25, 0.3) is 0 Å². The molecule has 0 unspecified atom stereocenters. The molecule has 0 spiro atoms. The molecule has 0 aliphatic heterocycles. The van der Waals surface area contributed by atoms with E-state index in [1.54, 1.807) is 6.07 Å². The summed E-state index contributed by atoms with van der Waals surface area (Å²) in [7, 11) is 0. The third-order valence-corrected chi connectivity index (χ3v) is 2.34. The molecule has 0 saturated carbocycles. The van der Waals surface area contributed by atoms with Crippen molar-refractivity contribution in [1.82, 2.24) is 9.97 Å². The Morgan fingerprint density at radius 2 is 1.94 bits per heavy atom. The normalized spacial score (nSPS) is 12.3. The summed E-state index contributed by atoms with van der Waals surface area (Å²) in [5.41, 5.74) is 3.17. The van der Waals surface area contributed by atoms with Crippen LogP contribution >= 0.6 is 0 Å². The summed E-state index contributed by atoms with van der Waals surface area (Å²) >= 11 is 0. The first kappa shape index (κ1) is 11.0. The number of nitrogens with one attached hydrogen (secondary N) is 1. The lowest BCUT2D eigenvalue weighted by atomic mass is 10.1. The summed E-state index contributed by atoms with van der Waals surface area (Å²) in [4.78, 5) is 6.67. The predicted molar refractivity (Wildman–Crippen MR) is 55.3 cm³/mol. The Balaban J connectivity index is 2.48. The fourth-order valence-electron chi connectivity index (χ4n) is 1.80. The first-order valence-corrected chi connectivity index (χ1v) is 4.88. The van der Waals surface area contributed by atoms with Crippen molar-refractivity contribution >= 4 is 11.0 Å². The van der Waals surface area contributed by atoms with Gasteiger partial charge < -0.3 is 4.98 Å². The maximum atomic E-state index is 12.2. The van der Waals surface area contributed by atoms with E-state index in [4.69, 9.17) is 0 Å². The molecule has 2 rings (SSSR count). The van der Waals surface area contributed by atoms with Gasteiger partial charge in [0.05, 0.1) is 11.0 Å². The Labute approximate surface area is 90.5 Å². The molecule has 0 aliphatic carbocycles. The molecule has 0 aliphatic rings. The van der Waals surface area contributed by atoms with Crippen LogP contribution in [-0.2, 0) is 6.42 Å². The van der Waals surface area contributed by atoms with Crippen molar-refractivity contribution in [3.63, 3.8) is 0 Å². The van der Waals surface area contributed by atoms with E-state index >= 15 is 0 Å². The van der Waals surface area contributed by atoms with E-state index in [1.165, 1.54) is 0 Å². The zero-order chi connectivity index (χ0) is 11.9. The van der Waals surface area contributed by atoms with Gasteiger partial charge in [0, 0.05) is 0 Å². The smallest absolute Gasteiger partial charge is 0.342 e. The summed E-state index contributed by atoms with van der Waals surface area (Å²) in [6.45, 7) is 3.74. The van der Waals surface area contributed by atoms with Crippen LogP contribution < -0.4 is 0 Å². The van der Waals surface area contributed by atoms with Gasteiger partial charge in [-0.1, -0.05) is 6.07 Å². The Kier molecular flexibility index (Phi) is 2.40. The average molecular weight is 228 g/mol. The molecule has 16 heavy (non-hydrogen) atoms. The zero-order valence-corrected chi connectivity index (χ0v) is 8.94. The monoisotopic (exact) mass is 228 g/mol. The van der Waals surface area contributed by atoms with Crippen LogP contribution in [0.5, 0.6) is 0 Å². The van der Waals surface area contributed by atoms with E-state index in [0.717, 1.165) is 11.1 Å². The quantitative estimate of drug-likeness (QED) is 0.797. The van der Waals surface area contributed by atoms with E-state index in [-0.39, 0.29) is 5.82 Å². The average Bonchev–Trinajstić information content (AvgIpc) is 2.43. The maximum Gasteiger partial charge on any atom is 0.396 e. The predicted octanol–water partition coefficient (Wildman–Crippen LogP) is 3.28. The highest BCUT2D eigenvalue weighted by molar-refractivity contribution is 5.79. The van der Waals surface area contributed by atoms with Gasteiger partial charge in [0.1, 0.15) is 12.2 Å². The molecular weight excluding hydrogens is 217 g/mol. The van der Waals surface area contributed by atoms with E-state index in [2.05, 4.69) is 9.97 Å². The highest BCUT2D eigenvalue weighted by Gasteiger charge is 2.29. The number of halogens is 3. The molecule has 5 heteroatoms. The van der Waals surface area contributed by atoms with Gasteiger partial charge in [-0.2, -0.15) is 13.2 Å². The molecule has 0 atom stereocenters. The number of alkyl halides is 3. The molecule has 86 valence electrons. The van der Waals surface area contributed by atoms with Crippen LogP contribution in [0.4, 0.5) is 13.2 Å². The minimum atomic E-state index is -4.23. The molecule has 0 radical (unpaired) electrons. The fraction of sp³-hybridized carbons (Fsp3) is 0.364. The van der Waals surface area contributed by atoms with Crippen molar-refractivity contribution in [2.24, 2.45) is 0 Å². The van der Waals surface area contributed by atoms with Gasteiger partial charge in [0.2, 0.25) is 0 Å². The minimum absolute atomic E-state index is 0.0313. The van der Waals surface area contributed by atoms with E-state index in [1.807, 2.05) is 19.9 Å². The number of benzene rings is 1. The first-order valence-electron chi connectivity index (χ1n) is 4.88.